The van der Waals surface area contributed by atoms with Crippen molar-refractivity contribution >= 4 is 17.5 Å². The predicted molar refractivity (Wildman–Crippen MR) is 89.4 cm³/mol. The van der Waals surface area contributed by atoms with Crippen molar-refractivity contribution in [3.05, 3.63) is 77.6 Å². The maximum absolute atomic E-state index is 13.6. The number of carbonyl (C=O) groups excluding carboxylic acids is 2. The van der Waals surface area contributed by atoms with E-state index in [0.29, 0.717) is 16.8 Å². The first-order valence-corrected chi connectivity index (χ1v) is 7.63. The van der Waals surface area contributed by atoms with E-state index >= 15 is 0 Å². The van der Waals surface area contributed by atoms with E-state index in [1.807, 2.05) is 6.07 Å². The van der Waals surface area contributed by atoms with E-state index in [1.54, 1.807) is 43.3 Å². The second-order valence-electron chi connectivity index (χ2n) is 5.65. The summed E-state index contributed by atoms with van der Waals surface area (Å²) in [6.07, 6.45) is 0. The summed E-state index contributed by atoms with van der Waals surface area (Å²) in [4.78, 5) is 26.3. The van der Waals surface area contributed by atoms with Crippen LogP contribution >= 0.6 is 0 Å². The van der Waals surface area contributed by atoms with E-state index in [4.69, 9.17) is 0 Å². The average Bonchev–Trinajstić information content (AvgIpc) is 2.85. The van der Waals surface area contributed by atoms with Gasteiger partial charge in [-0.25, -0.2) is 4.39 Å². The van der Waals surface area contributed by atoms with Gasteiger partial charge in [-0.15, -0.1) is 0 Å². The van der Waals surface area contributed by atoms with Crippen LogP contribution in [0.1, 0.15) is 28.4 Å². The van der Waals surface area contributed by atoms with Gasteiger partial charge in [0.05, 0.1) is 0 Å². The molecule has 24 heavy (non-hydrogen) atoms. The van der Waals surface area contributed by atoms with Crippen LogP contribution in [0.4, 0.5) is 4.39 Å². The summed E-state index contributed by atoms with van der Waals surface area (Å²) in [5.74, 6) is -0.982. The highest BCUT2D eigenvalue weighted by Gasteiger charge is 2.36. The predicted octanol–water partition coefficient (Wildman–Crippen LogP) is 2.96. The fraction of sp³-hybridized carbons (Fsp3) is 0.158. The molecule has 1 N–H and O–H groups in total. The summed E-state index contributed by atoms with van der Waals surface area (Å²) in [5, 5.41) is 2.67. The van der Waals surface area contributed by atoms with Gasteiger partial charge in [0.15, 0.2) is 0 Å². The zero-order chi connectivity index (χ0) is 17.3. The van der Waals surface area contributed by atoms with Gasteiger partial charge >= 0.3 is 0 Å². The van der Waals surface area contributed by atoms with E-state index in [1.165, 1.54) is 11.0 Å². The molecule has 2 amide bonds. The van der Waals surface area contributed by atoms with Gasteiger partial charge in [0.25, 0.3) is 5.91 Å². The van der Waals surface area contributed by atoms with Crippen LogP contribution in [-0.4, -0.2) is 22.8 Å². The molecule has 0 fully saturated rings. The molecule has 1 aliphatic heterocycles. The molecule has 0 aliphatic carbocycles. The number of nitrogens with zero attached hydrogens (tertiary/aromatic N) is 1. The standard InChI is InChI=1S/C19H17FN2O2/c1-12-15-8-4-5-9-16(15)19(24)22(12)13(2)18(23)21-11-14-7-3-6-10-17(14)20/h3-10,13H,1,11H2,2H3,(H,21,23)/t13-/m1/s1. The molecule has 0 saturated heterocycles. The molecule has 0 saturated carbocycles. The molecular weight excluding hydrogens is 307 g/mol. The van der Waals surface area contributed by atoms with Gasteiger partial charge in [0.2, 0.25) is 5.91 Å². The first-order chi connectivity index (χ1) is 11.5. The Balaban J connectivity index is 1.72. The molecule has 1 aliphatic rings. The highest BCUT2D eigenvalue weighted by Crippen LogP contribution is 2.32. The van der Waals surface area contributed by atoms with Gasteiger partial charge in [-0.05, 0) is 19.1 Å². The second-order valence-corrected chi connectivity index (χ2v) is 5.65. The highest BCUT2D eigenvalue weighted by atomic mass is 19.1. The Hall–Kier alpha value is -2.95. The van der Waals surface area contributed by atoms with E-state index in [9.17, 15) is 14.0 Å². The van der Waals surface area contributed by atoms with E-state index in [2.05, 4.69) is 11.9 Å². The van der Waals surface area contributed by atoms with Crippen molar-refractivity contribution in [1.82, 2.24) is 10.2 Å². The Bertz CT molecular complexity index is 797. The lowest BCUT2D eigenvalue weighted by Gasteiger charge is -2.24. The van der Waals surface area contributed by atoms with Crippen molar-refractivity contribution in [2.75, 3.05) is 0 Å². The molecule has 0 aromatic heterocycles. The minimum atomic E-state index is -0.732. The molecule has 2 aromatic rings. The van der Waals surface area contributed by atoms with Crippen molar-refractivity contribution in [2.45, 2.75) is 19.5 Å². The Kier molecular flexibility index (Phi) is 4.16. The van der Waals surface area contributed by atoms with Crippen molar-refractivity contribution in [2.24, 2.45) is 0 Å². The average molecular weight is 324 g/mol. The molecule has 0 bridgehead atoms. The molecule has 1 heterocycles. The number of hydrogen-bond acceptors (Lipinski definition) is 2. The summed E-state index contributed by atoms with van der Waals surface area (Å²) in [5.41, 5.74) is 2.17. The molecule has 0 radical (unpaired) electrons. The molecule has 5 heteroatoms. The maximum Gasteiger partial charge on any atom is 0.259 e. The number of hydrogen-bond donors (Lipinski definition) is 1. The second kappa shape index (κ2) is 6.28. The molecule has 0 spiro atoms. The van der Waals surface area contributed by atoms with Crippen LogP contribution in [0.25, 0.3) is 5.70 Å². The largest absolute Gasteiger partial charge is 0.350 e. The quantitative estimate of drug-likeness (QED) is 0.940. The number of halogens is 1. The van der Waals surface area contributed by atoms with Gasteiger partial charge in [0, 0.05) is 28.9 Å². The van der Waals surface area contributed by atoms with Gasteiger partial charge in [-0.1, -0.05) is 43.0 Å². The minimum absolute atomic E-state index is 0.0668. The molecular formula is C19H17FN2O2. The lowest BCUT2D eigenvalue weighted by molar-refractivity contribution is -0.124. The number of rotatable bonds is 4. The van der Waals surface area contributed by atoms with Crippen LogP contribution in [0.5, 0.6) is 0 Å². The molecule has 4 nitrogen and oxygen atoms in total. The van der Waals surface area contributed by atoms with Crippen LogP contribution in [-0.2, 0) is 11.3 Å². The Morgan fingerprint density at radius 1 is 1.17 bits per heavy atom. The first-order valence-electron chi connectivity index (χ1n) is 7.63. The van der Waals surface area contributed by atoms with Crippen LogP contribution in [0.3, 0.4) is 0 Å². The Morgan fingerprint density at radius 3 is 2.46 bits per heavy atom. The number of benzene rings is 2. The minimum Gasteiger partial charge on any atom is -0.350 e. The van der Waals surface area contributed by atoms with Crippen molar-refractivity contribution in [3.63, 3.8) is 0 Å². The summed E-state index contributed by atoms with van der Waals surface area (Å²) in [6, 6.07) is 12.6. The maximum atomic E-state index is 13.6. The summed E-state index contributed by atoms with van der Waals surface area (Å²) in [7, 11) is 0. The third kappa shape index (κ3) is 2.69. The fourth-order valence-corrected chi connectivity index (χ4v) is 2.80. The zero-order valence-electron chi connectivity index (χ0n) is 13.3. The third-order valence-corrected chi connectivity index (χ3v) is 4.16. The number of carbonyl (C=O) groups is 2. The van der Waals surface area contributed by atoms with Gasteiger partial charge < -0.3 is 5.32 Å². The molecule has 3 rings (SSSR count). The smallest absolute Gasteiger partial charge is 0.259 e. The number of amides is 2. The van der Waals surface area contributed by atoms with Gasteiger partial charge in [-0.3, -0.25) is 14.5 Å². The van der Waals surface area contributed by atoms with Crippen LogP contribution in [0.15, 0.2) is 55.1 Å². The lowest BCUT2D eigenvalue weighted by atomic mass is 10.1. The monoisotopic (exact) mass is 324 g/mol. The van der Waals surface area contributed by atoms with Crippen LogP contribution < -0.4 is 5.32 Å². The topological polar surface area (TPSA) is 49.4 Å². The zero-order valence-corrected chi connectivity index (χ0v) is 13.3. The van der Waals surface area contributed by atoms with Crippen molar-refractivity contribution < 1.29 is 14.0 Å². The fourth-order valence-electron chi connectivity index (χ4n) is 2.80. The van der Waals surface area contributed by atoms with Crippen molar-refractivity contribution in [1.29, 1.82) is 0 Å². The Morgan fingerprint density at radius 2 is 1.79 bits per heavy atom. The normalized spacial score (nSPS) is 14.5. The van der Waals surface area contributed by atoms with E-state index in [0.717, 1.165) is 5.56 Å². The highest BCUT2D eigenvalue weighted by molar-refractivity contribution is 6.10. The molecule has 122 valence electrons. The van der Waals surface area contributed by atoms with Crippen LogP contribution in [0, 0.1) is 5.82 Å². The van der Waals surface area contributed by atoms with Crippen LogP contribution in [0.2, 0.25) is 0 Å². The Labute approximate surface area is 139 Å². The first kappa shape index (κ1) is 15.9. The van der Waals surface area contributed by atoms with Crippen molar-refractivity contribution in [3.8, 4) is 0 Å². The molecule has 0 unspecified atom stereocenters. The lowest BCUT2D eigenvalue weighted by Crippen LogP contribution is -2.44. The van der Waals surface area contributed by atoms with Gasteiger partial charge in [0.1, 0.15) is 11.9 Å². The van der Waals surface area contributed by atoms with E-state index in [-0.39, 0.29) is 24.2 Å². The SMILES string of the molecule is C=C1c2ccccc2C(=O)N1[C@H](C)C(=O)NCc1ccccc1F. The summed E-state index contributed by atoms with van der Waals surface area (Å²) in [6.45, 7) is 5.63. The summed E-state index contributed by atoms with van der Waals surface area (Å²) >= 11 is 0. The molecule has 1 atom stereocenters. The number of nitrogens with one attached hydrogen (secondary N) is 1. The molecule has 2 aromatic carbocycles. The van der Waals surface area contributed by atoms with Gasteiger partial charge in [-0.2, -0.15) is 0 Å². The van der Waals surface area contributed by atoms with E-state index < -0.39 is 6.04 Å². The third-order valence-electron chi connectivity index (χ3n) is 4.16. The summed E-state index contributed by atoms with van der Waals surface area (Å²) < 4.78 is 13.6. The number of fused-ring (bicyclic) bond motifs is 1.